The van der Waals surface area contributed by atoms with Crippen molar-refractivity contribution in [2.45, 2.75) is 27.7 Å². The van der Waals surface area contributed by atoms with E-state index in [0.29, 0.717) is 13.1 Å². The van der Waals surface area contributed by atoms with Gasteiger partial charge in [-0.25, -0.2) is 0 Å². The van der Waals surface area contributed by atoms with Crippen LogP contribution in [0.4, 0.5) is 0 Å². The molecule has 2 N–H and O–H groups in total. The largest absolute Gasteiger partial charge is 0.329 e. The van der Waals surface area contributed by atoms with Gasteiger partial charge in [0.15, 0.2) is 0 Å². The van der Waals surface area contributed by atoms with Crippen molar-refractivity contribution >= 4 is 5.78 Å². The lowest BCUT2D eigenvalue weighted by Gasteiger charge is -2.15. The minimum absolute atomic E-state index is 0.134. The molecule has 0 spiro atoms. The maximum atomic E-state index is 11.1. The van der Waals surface area contributed by atoms with Gasteiger partial charge in [0.25, 0.3) is 0 Å². The molecule has 0 unspecified atom stereocenters. The van der Waals surface area contributed by atoms with Crippen LogP contribution in [0.2, 0.25) is 0 Å². The van der Waals surface area contributed by atoms with Crippen LogP contribution in [0.15, 0.2) is 0 Å². The van der Waals surface area contributed by atoms with E-state index in [0.717, 1.165) is 6.54 Å². The summed E-state index contributed by atoms with van der Waals surface area (Å²) in [6, 6.07) is 0. The lowest BCUT2D eigenvalue weighted by Crippen LogP contribution is -2.32. The molecule has 0 amide bonds. The van der Waals surface area contributed by atoms with Crippen molar-refractivity contribution in [3.63, 3.8) is 0 Å². The molecule has 0 atom stereocenters. The fourth-order valence-corrected chi connectivity index (χ4v) is 0.748. The molecule has 0 saturated carbocycles. The third kappa shape index (κ3) is 9.50. The molecule has 3 nitrogen and oxygen atoms in total. The Hall–Kier alpha value is -0.410. The van der Waals surface area contributed by atoms with Gasteiger partial charge in [0, 0.05) is 19.0 Å². The molecule has 80 valence electrons. The van der Waals surface area contributed by atoms with Gasteiger partial charge in [0.2, 0.25) is 0 Å². The predicted octanol–water partition coefficient (Wildman–Crippen LogP) is 1.13. The highest BCUT2D eigenvalue weighted by molar-refractivity contribution is 5.82. The molecule has 0 saturated heterocycles. The third-order valence-corrected chi connectivity index (χ3v) is 1.58. The molecule has 13 heavy (non-hydrogen) atoms. The van der Waals surface area contributed by atoms with E-state index in [9.17, 15) is 4.79 Å². The van der Waals surface area contributed by atoms with Crippen LogP contribution in [0.25, 0.3) is 0 Å². The van der Waals surface area contributed by atoms with E-state index in [2.05, 4.69) is 0 Å². The first kappa shape index (κ1) is 15.1. The van der Waals surface area contributed by atoms with Crippen LogP contribution in [0, 0.1) is 5.92 Å². The Morgan fingerprint density at radius 1 is 1.38 bits per heavy atom. The van der Waals surface area contributed by atoms with Crippen LogP contribution in [0.1, 0.15) is 27.7 Å². The summed E-state index contributed by atoms with van der Waals surface area (Å²) >= 11 is 0. The van der Waals surface area contributed by atoms with Crippen molar-refractivity contribution in [3.05, 3.63) is 0 Å². The smallest absolute Gasteiger partial charge is 0.149 e. The van der Waals surface area contributed by atoms with Crippen LogP contribution in [0.5, 0.6) is 0 Å². The molecule has 0 radical (unpaired) electrons. The second-order valence-corrected chi connectivity index (χ2v) is 3.15. The van der Waals surface area contributed by atoms with E-state index in [1.165, 1.54) is 0 Å². The van der Waals surface area contributed by atoms with Gasteiger partial charge in [-0.05, 0) is 7.05 Å². The summed E-state index contributed by atoms with van der Waals surface area (Å²) < 4.78 is 0. The summed E-state index contributed by atoms with van der Waals surface area (Å²) in [5, 5.41) is 0. The first-order chi connectivity index (χ1) is 6.07. The fraction of sp³-hybridized carbons (Fsp3) is 0.900. The zero-order valence-corrected chi connectivity index (χ0v) is 9.63. The standard InChI is InChI=1S/C8H18N2O.C2H6/c1-7(2)8(11)6-10(3)5-4-9;1-2/h7H,4-6,9H2,1-3H3;1-2H3. The van der Waals surface area contributed by atoms with Crippen molar-refractivity contribution in [1.82, 2.24) is 4.90 Å². The van der Waals surface area contributed by atoms with E-state index in [1.54, 1.807) is 0 Å². The normalized spacial score (nSPS) is 9.85. The second kappa shape index (κ2) is 9.68. The van der Waals surface area contributed by atoms with Gasteiger partial charge >= 0.3 is 0 Å². The van der Waals surface area contributed by atoms with Gasteiger partial charge in [-0.1, -0.05) is 27.7 Å². The molecule has 3 heteroatoms. The van der Waals surface area contributed by atoms with E-state index in [1.807, 2.05) is 39.6 Å². The number of hydrogen-bond donors (Lipinski definition) is 1. The van der Waals surface area contributed by atoms with Gasteiger partial charge in [-0.2, -0.15) is 0 Å². The monoisotopic (exact) mass is 188 g/mol. The number of nitrogens with two attached hydrogens (primary N) is 1. The average Bonchev–Trinajstić information content (AvgIpc) is 2.08. The Labute approximate surface area is 82.3 Å². The number of carbonyl (C=O) groups excluding carboxylic acids is 1. The van der Waals surface area contributed by atoms with Gasteiger partial charge < -0.3 is 5.73 Å². The Morgan fingerprint density at radius 2 is 1.85 bits per heavy atom. The molecule has 0 aliphatic carbocycles. The maximum Gasteiger partial charge on any atom is 0.149 e. The number of rotatable bonds is 5. The second-order valence-electron chi connectivity index (χ2n) is 3.15. The quantitative estimate of drug-likeness (QED) is 0.703. The van der Waals surface area contributed by atoms with Crippen LogP contribution in [0.3, 0.4) is 0 Å². The summed E-state index contributed by atoms with van der Waals surface area (Å²) in [6.07, 6.45) is 0. The molecule has 0 aromatic rings. The number of carbonyl (C=O) groups is 1. The number of Topliss-reactive ketones (excluding diaryl/α,β-unsaturated/α-hetero) is 1. The topological polar surface area (TPSA) is 46.3 Å². The van der Waals surface area contributed by atoms with E-state index in [4.69, 9.17) is 5.73 Å². The summed E-state index contributed by atoms with van der Waals surface area (Å²) in [5.74, 6) is 0.413. The minimum atomic E-state index is 0.134. The minimum Gasteiger partial charge on any atom is -0.329 e. The fourth-order valence-electron chi connectivity index (χ4n) is 0.748. The summed E-state index contributed by atoms with van der Waals surface area (Å²) in [4.78, 5) is 13.1. The highest BCUT2D eigenvalue weighted by Crippen LogP contribution is 1.95. The van der Waals surface area contributed by atoms with Crippen LogP contribution < -0.4 is 5.73 Å². The number of ketones is 1. The summed E-state index contributed by atoms with van der Waals surface area (Å²) in [5.41, 5.74) is 5.33. The lowest BCUT2D eigenvalue weighted by molar-refractivity contribution is -0.122. The molecular formula is C10H24N2O. The number of likely N-dealkylation sites (N-methyl/N-ethyl adjacent to an activating group) is 1. The van der Waals surface area contributed by atoms with Crippen LogP contribution >= 0.6 is 0 Å². The highest BCUT2D eigenvalue weighted by atomic mass is 16.1. The van der Waals surface area contributed by atoms with E-state index < -0.39 is 0 Å². The number of hydrogen-bond acceptors (Lipinski definition) is 3. The Balaban J connectivity index is 0. The van der Waals surface area contributed by atoms with Crippen molar-refractivity contribution in [2.75, 3.05) is 26.7 Å². The van der Waals surface area contributed by atoms with Crippen LogP contribution in [-0.4, -0.2) is 37.4 Å². The molecule has 0 rings (SSSR count). The Bertz CT molecular complexity index is 124. The van der Waals surface area contributed by atoms with Crippen LogP contribution in [-0.2, 0) is 4.79 Å². The molecule has 0 aromatic carbocycles. The van der Waals surface area contributed by atoms with Crippen molar-refractivity contribution in [3.8, 4) is 0 Å². The molecular weight excluding hydrogens is 164 g/mol. The zero-order chi connectivity index (χ0) is 10.9. The van der Waals surface area contributed by atoms with Crippen molar-refractivity contribution in [2.24, 2.45) is 11.7 Å². The van der Waals surface area contributed by atoms with E-state index in [-0.39, 0.29) is 11.7 Å². The van der Waals surface area contributed by atoms with Gasteiger partial charge in [0.05, 0.1) is 6.54 Å². The molecule has 0 aliphatic rings. The van der Waals surface area contributed by atoms with E-state index >= 15 is 0 Å². The molecule has 0 aliphatic heterocycles. The number of nitrogens with zero attached hydrogens (tertiary/aromatic N) is 1. The maximum absolute atomic E-state index is 11.1. The first-order valence-corrected chi connectivity index (χ1v) is 4.99. The molecule has 0 heterocycles. The summed E-state index contributed by atoms with van der Waals surface area (Å²) in [6.45, 7) is 9.76. The van der Waals surface area contributed by atoms with Crippen molar-refractivity contribution < 1.29 is 4.79 Å². The Morgan fingerprint density at radius 3 is 2.15 bits per heavy atom. The Kier molecular flexibility index (Phi) is 11.2. The van der Waals surface area contributed by atoms with Gasteiger partial charge in [-0.15, -0.1) is 0 Å². The molecule has 0 bridgehead atoms. The van der Waals surface area contributed by atoms with Crippen molar-refractivity contribution in [1.29, 1.82) is 0 Å². The first-order valence-electron chi connectivity index (χ1n) is 4.99. The third-order valence-electron chi connectivity index (χ3n) is 1.58. The predicted molar refractivity (Wildman–Crippen MR) is 57.7 cm³/mol. The lowest BCUT2D eigenvalue weighted by atomic mass is 10.1. The van der Waals surface area contributed by atoms with Gasteiger partial charge in [0.1, 0.15) is 5.78 Å². The van der Waals surface area contributed by atoms with Gasteiger partial charge in [-0.3, -0.25) is 9.69 Å². The average molecular weight is 188 g/mol. The SMILES string of the molecule is CC.CC(C)C(=O)CN(C)CCN. The molecule has 0 fully saturated rings. The zero-order valence-electron chi connectivity index (χ0n) is 9.63. The summed E-state index contributed by atoms with van der Waals surface area (Å²) in [7, 11) is 1.91. The highest BCUT2D eigenvalue weighted by Gasteiger charge is 2.08. The molecule has 0 aromatic heterocycles.